The van der Waals surface area contributed by atoms with Crippen LogP contribution in [0.1, 0.15) is 10.4 Å². The zero-order valence-electron chi connectivity index (χ0n) is 5.57. The van der Waals surface area contributed by atoms with Crippen LogP contribution in [0.25, 0.3) is 0 Å². The van der Waals surface area contributed by atoms with Gasteiger partial charge in [-0.2, -0.15) is 0 Å². The lowest BCUT2D eigenvalue weighted by atomic mass is 10.2. The van der Waals surface area contributed by atoms with E-state index in [1.54, 1.807) is 0 Å². The summed E-state index contributed by atoms with van der Waals surface area (Å²) in [6, 6.07) is 0.481. The Labute approximate surface area is 79.7 Å². The molecular weight excluding hydrogens is 284 g/mol. The molecule has 12 heavy (non-hydrogen) atoms. The first-order valence-electron chi connectivity index (χ1n) is 2.86. The Morgan fingerprint density at radius 2 is 1.83 bits per heavy atom. The Morgan fingerprint density at radius 3 is 2.33 bits per heavy atom. The van der Waals surface area contributed by atoms with Crippen molar-refractivity contribution in [3.05, 3.63) is 32.7 Å². The molecule has 0 bridgehead atoms. The van der Waals surface area contributed by atoms with Gasteiger partial charge >= 0.3 is 0 Å². The predicted octanol–water partition coefficient (Wildman–Crippen LogP) is 2.52. The Morgan fingerprint density at radius 1 is 1.25 bits per heavy atom. The molecule has 1 aromatic carbocycles. The highest BCUT2D eigenvalue weighted by Gasteiger charge is 2.15. The minimum atomic E-state index is -1.18. The van der Waals surface area contributed by atoms with Crippen LogP contribution >= 0.6 is 22.6 Å². The fourth-order valence-corrected chi connectivity index (χ4v) is 1.13. The van der Waals surface area contributed by atoms with Crippen molar-refractivity contribution in [3.8, 4) is 0 Å². The van der Waals surface area contributed by atoms with E-state index in [1.165, 1.54) is 22.6 Å². The summed E-state index contributed by atoms with van der Waals surface area (Å²) in [6.45, 7) is 0. The number of rotatable bonds is 1. The third-order valence-electron chi connectivity index (χ3n) is 1.27. The van der Waals surface area contributed by atoms with E-state index >= 15 is 0 Å². The lowest BCUT2D eigenvalue weighted by molar-refractivity contribution is 0.111. The molecule has 0 saturated heterocycles. The van der Waals surface area contributed by atoms with Gasteiger partial charge in [0, 0.05) is 6.07 Å². The maximum Gasteiger partial charge on any atom is 0.156 e. The molecule has 0 aliphatic rings. The molecular formula is C7H2F3IO. The first kappa shape index (κ1) is 9.50. The van der Waals surface area contributed by atoms with E-state index in [2.05, 4.69) is 0 Å². The number of benzene rings is 1. The standard InChI is InChI=1S/C7H2F3IO/c8-4-1-5(9)7(11)6(10)3(4)2-12/h1-2H. The van der Waals surface area contributed by atoms with Crippen LogP contribution in [0.15, 0.2) is 6.07 Å². The molecule has 0 N–H and O–H groups in total. The molecule has 0 fully saturated rings. The number of halogens is 4. The second-order valence-electron chi connectivity index (χ2n) is 2.00. The van der Waals surface area contributed by atoms with Crippen molar-refractivity contribution >= 4 is 28.9 Å². The van der Waals surface area contributed by atoms with Gasteiger partial charge in [0.05, 0.1) is 9.13 Å². The van der Waals surface area contributed by atoms with Crippen molar-refractivity contribution in [3.63, 3.8) is 0 Å². The second kappa shape index (κ2) is 3.42. The molecule has 64 valence electrons. The summed E-state index contributed by atoms with van der Waals surface area (Å²) >= 11 is 1.36. The first-order valence-corrected chi connectivity index (χ1v) is 3.94. The lowest BCUT2D eigenvalue weighted by Gasteiger charge is -2.00. The Bertz CT molecular complexity index is 338. The molecule has 0 spiro atoms. The summed E-state index contributed by atoms with van der Waals surface area (Å²) in [5.74, 6) is -3.33. The zero-order valence-corrected chi connectivity index (χ0v) is 7.73. The number of hydrogen-bond donors (Lipinski definition) is 0. The van der Waals surface area contributed by atoms with Crippen molar-refractivity contribution in [2.24, 2.45) is 0 Å². The zero-order chi connectivity index (χ0) is 9.30. The number of carbonyl (C=O) groups is 1. The molecule has 0 radical (unpaired) electrons. The van der Waals surface area contributed by atoms with Crippen LogP contribution in [-0.2, 0) is 0 Å². The summed E-state index contributed by atoms with van der Waals surface area (Å²) < 4.78 is 37.6. The summed E-state index contributed by atoms with van der Waals surface area (Å²) in [7, 11) is 0. The van der Waals surface area contributed by atoms with E-state index in [4.69, 9.17) is 0 Å². The van der Waals surface area contributed by atoms with Gasteiger partial charge in [-0.1, -0.05) is 0 Å². The monoisotopic (exact) mass is 286 g/mol. The topological polar surface area (TPSA) is 17.1 Å². The first-order chi connectivity index (χ1) is 5.57. The van der Waals surface area contributed by atoms with Gasteiger partial charge in [-0.05, 0) is 22.6 Å². The molecule has 0 aromatic heterocycles. The van der Waals surface area contributed by atoms with Gasteiger partial charge in [0.25, 0.3) is 0 Å². The van der Waals surface area contributed by atoms with E-state index < -0.39 is 23.0 Å². The minimum Gasteiger partial charge on any atom is -0.298 e. The Kier molecular flexibility index (Phi) is 2.71. The molecule has 1 nitrogen and oxygen atoms in total. The van der Waals surface area contributed by atoms with Gasteiger partial charge in [0.1, 0.15) is 11.6 Å². The number of carbonyl (C=O) groups excluding carboxylic acids is 1. The van der Waals surface area contributed by atoms with Gasteiger partial charge in [-0.3, -0.25) is 4.79 Å². The molecule has 0 heterocycles. The molecule has 0 aliphatic carbocycles. The van der Waals surface area contributed by atoms with Crippen LogP contribution in [-0.4, -0.2) is 6.29 Å². The molecule has 0 atom stereocenters. The molecule has 1 aromatic rings. The van der Waals surface area contributed by atoms with Crippen molar-refractivity contribution in [1.82, 2.24) is 0 Å². The van der Waals surface area contributed by atoms with Crippen molar-refractivity contribution in [1.29, 1.82) is 0 Å². The summed E-state index contributed by atoms with van der Waals surface area (Å²) in [5.41, 5.74) is -0.735. The second-order valence-corrected chi connectivity index (χ2v) is 3.08. The van der Waals surface area contributed by atoms with E-state index in [1.807, 2.05) is 0 Å². The summed E-state index contributed by atoms with van der Waals surface area (Å²) in [6.07, 6.45) is 0.0201. The van der Waals surface area contributed by atoms with Crippen molar-refractivity contribution in [2.45, 2.75) is 0 Å². The average Bonchev–Trinajstić information content (AvgIpc) is 2.01. The van der Waals surface area contributed by atoms with Crippen LogP contribution < -0.4 is 0 Å². The summed E-state index contributed by atoms with van der Waals surface area (Å²) in [5, 5.41) is 0. The fourth-order valence-electron chi connectivity index (χ4n) is 0.688. The van der Waals surface area contributed by atoms with Crippen LogP contribution in [0.4, 0.5) is 13.2 Å². The smallest absolute Gasteiger partial charge is 0.156 e. The van der Waals surface area contributed by atoms with Gasteiger partial charge in [0.15, 0.2) is 12.1 Å². The maximum atomic E-state index is 12.8. The van der Waals surface area contributed by atoms with Crippen LogP contribution in [0.3, 0.4) is 0 Å². The quantitative estimate of drug-likeness (QED) is 0.335. The maximum absolute atomic E-state index is 12.8. The van der Waals surface area contributed by atoms with E-state index in [-0.39, 0.29) is 9.86 Å². The molecule has 5 heteroatoms. The fraction of sp³-hybridized carbons (Fsp3) is 0. The minimum absolute atomic E-state index is 0.0201. The van der Waals surface area contributed by atoms with Gasteiger partial charge in [-0.25, -0.2) is 13.2 Å². The van der Waals surface area contributed by atoms with E-state index in [0.717, 1.165) is 0 Å². The van der Waals surface area contributed by atoms with Crippen molar-refractivity contribution < 1.29 is 18.0 Å². The Hall–Kier alpha value is -0.590. The average molecular weight is 286 g/mol. The third-order valence-corrected chi connectivity index (χ3v) is 2.26. The van der Waals surface area contributed by atoms with E-state index in [0.29, 0.717) is 6.07 Å². The predicted molar refractivity (Wildman–Crippen MR) is 44.4 cm³/mol. The highest BCUT2D eigenvalue weighted by Crippen LogP contribution is 2.20. The third kappa shape index (κ3) is 1.45. The normalized spacial score (nSPS) is 10.0. The molecule has 0 amide bonds. The lowest BCUT2D eigenvalue weighted by Crippen LogP contribution is -1.99. The molecule has 0 unspecified atom stereocenters. The number of aldehydes is 1. The van der Waals surface area contributed by atoms with Gasteiger partial charge < -0.3 is 0 Å². The SMILES string of the molecule is O=Cc1c(F)cc(F)c(I)c1F. The Balaban J connectivity index is 3.51. The van der Waals surface area contributed by atoms with Gasteiger partial charge in [-0.15, -0.1) is 0 Å². The largest absolute Gasteiger partial charge is 0.298 e. The van der Waals surface area contributed by atoms with Crippen LogP contribution in [0, 0.1) is 21.0 Å². The van der Waals surface area contributed by atoms with Gasteiger partial charge in [0.2, 0.25) is 0 Å². The number of hydrogen-bond acceptors (Lipinski definition) is 1. The molecule has 0 saturated carbocycles. The van der Waals surface area contributed by atoms with Crippen molar-refractivity contribution in [2.75, 3.05) is 0 Å². The van der Waals surface area contributed by atoms with E-state index in [9.17, 15) is 18.0 Å². The summed E-state index contributed by atoms with van der Waals surface area (Å²) in [4.78, 5) is 10.1. The molecule has 1 rings (SSSR count). The van der Waals surface area contributed by atoms with Crippen LogP contribution in [0.2, 0.25) is 0 Å². The highest BCUT2D eigenvalue weighted by molar-refractivity contribution is 14.1. The highest BCUT2D eigenvalue weighted by atomic mass is 127. The molecule has 0 aliphatic heterocycles. The van der Waals surface area contributed by atoms with Crippen LogP contribution in [0.5, 0.6) is 0 Å².